The predicted octanol–water partition coefficient (Wildman–Crippen LogP) is 30.4. The zero-order valence-corrected chi connectivity index (χ0v) is 80.5. The molecule has 2 aliphatic heterocycles. The Morgan fingerprint density at radius 1 is 0.262 bits per heavy atom. The summed E-state index contributed by atoms with van der Waals surface area (Å²) in [5.41, 5.74) is -2.31. The summed E-state index contributed by atoms with van der Waals surface area (Å²) in [5, 5.41) is 1.11. The van der Waals surface area contributed by atoms with Crippen molar-refractivity contribution < 1.29 is 19.2 Å². The van der Waals surface area contributed by atoms with Gasteiger partial charge in [-0.15, -0.1) is 0 Å². The van der Waals surface area contributed by atoms with Crippen molar-refractivity contribution in [1.29, 1.82) is 0 Å². The van der Waals surface area contributed by atoms with Crippen molar-refractivity contribution in [2.24, 2.45) is 47.3 Å². The smallest absolute Gasteiger partial charge is 0.262 e. The van der Waals surface area contributed by atoms with Crippen molar-refractivity contribution in [2.45, 2.75) is 535 Å². The fraction of sp³-hybridized carbons (Fsp3) is 0.836. The van der Waals surface area contributed by atoms with E-state index in [1.807, 2.05) is 0 Å². The Morgan fingerprint density at radius 3 is 0.803 bits per heavy atom. The second-order valence-corrected chi connectivity index (χ2v) is 40.7. The SMILES string of the molecule is CCCCCCCCC1C(CCCCCC)CCC(CCCCCCCCC(C)(CCCCCCCC)n2c(=O)c3cc4c(=O)n(CCCCCCCCC5C(CCCCCCCCC(CC)(CCCCCCC)N6C(=O)C=CC6=O)CCC(CCCCCC)C5CCCCCCCC)c(=O)c4cc3c2=O)C1CCCCCCCCN1C(=O)C=CC1=O. The number of carbonyl (C=O) groups excluding carboxylic acids is 4. The Kier molecular flexibility index (Phi) is 52.1. The summed E-state index contributed by atoms with van der Waals surface area (Å²) in [6.45, 7) is 19.0. The maximum Gasteiger partial charge on any atom is 0.262 e. The molecule has 0 radical (unpaired) electrons. The van der Waals surface area contributed by atoms with Gasteiger partial charge in [0.2, 0.25) is 0 Å². The fourth-order valence-electron chi connectivity index (χ4n) is 24.0. The minimum atomic E-state index is -0.667. The Balaban J connectivity index is 0.916. The van der Waals surface area contributed by atoms with Crippen LogP contribution in [0.4, 0.5) is 0 Å². The van der Waals surface area contributed by atoms with E-state index in [2.05, 4.69) is 55.4 Å². The molecule has 0 bridgehead atoms. The molecule has 10 atom stereocenters. The van der Waals surface area contributed by atoms with E-state index in [-0.39, 0.29) is 72.9 Å². The van der Waals surface area contributed by atoms with Gasteiger partial charge in [0.1, 0.15) is 0 Å². The van der Waals surface area contributed by atoms with Gasteiger partial charge in [0.15, 0.2) is 0 Å². The summed E-state index contributed by atoms with van der Waals surface area (Å²) >= 11 is 0. The molecule has 12 heteroatoms. The molecule has 2 aromatic heterocycles. The molecule has 4 heterocycles. The minimum absolute atomic E-state index is 0.117. The van der Waals surface area contributed by atoms with Gasteiger partial charge in [-0.25, -0.2) is 0 Å². The van der Waals surface area contributed by atoms with Crippen LogP contribution >= 0.6 is 0 Å². The van der Waals surface area contributed by atoms with Crippen LogP contribution < -0.4 is 22.2 Å². The van der Waals surface area contributed by atoms with Crippen LogP contribution in [0.5, 0.6) is 0 Å². The highest BCUT2D eigenvalue weighted by Gasteiger charge is 2.44. The number of hydrogen-bond acceptors (Lipinski definition) is 8. The highest BCUT2D eigenvalue weighted by Crippen LogP contribution is 2.50. The zero-order chi connectivity index (χ0) is 87.4. The first kappa shape index (κ1) is 104. The van der Waals surface area contributed by atoms with Crippen LogP contribution in [-0.2, 0) is 31.3 Å². The predicted molar refractivity (Wildman–Crippen MR) is 518 cm³/mol. The number of imide groups is 2. The Hall–Kier alpha value is -4.74. The minimum Gasteiger partial charge on any atom is -0.275 e. The van der Waals surface area contributed by atoms with Crippen LogP contribution in [0.1, 0.15) is 518 Å². The lowest BCUT2D eigenvalue weighted by Crippen LogP contribution is -2.51. The normalized spacial score (nSPS) is 20.6. The van der Waals surface area contributed by atoms with Gasteiger partial charge >= 0.3 is 0 Å². The standard InChI is InChI=1S/C110H186N4O8/c1-9-16-22-28-41-55-69-93-89(65-51-26-20-13-5)73-75-91(95(93)71-57-43-33-37-49-63-85-111-101(115)77-78-102(111)116)67-53-39-31-35-47-60-82-109(8,81-59-46-30-24-18-11-3)114-107(121)99-87-97-98(88-100(99)108(114)122)106(120)112(105(97)119)86-64-50-38-34-44-58-72-96-92(76-74-90(66-52-27-21-14-6)94(96)70-56-42-29-23-17-10-2)68-54-40-32-36-48-62-84-110(15-7,83-61-45-25-19-12-4)113-103(117)79-80-104(113)118/h77-80,87-96H,9-76,81-86H2,1-8H3. The van der Waals surface area contributed by atoms with Crippen LogP contribution in [0.25, 0.3) is 21.5 Å². The maximum absolute atomic E-state index is 14.9. The van der Waals surface area contributed by atoms with Crippen molar-refractivity contribution in [3.8, 4) is 0 Å². The third-order valence-corrected chi connectivity index (χ3v) is 31.5. The second-order valence-electron chi connectivity index (χ2n) is 40.7. The molecule has 2 aliphatic carbocycles. The molecule has 4 aliphatic rings. The fourth-order valence-corrected chi connectivity index (χ4v) is 24.0. The molecule has 2 fully saturated rings. The molecular weight excluding hydrogens is 1510 g/mol. The summed E-state index contributed by atoms with van der Waals surface area (Å²) in [7, 11) is 0. The van der Waals surface area contributed by atoms with E-state index in [0.29, 0.717) is 13.1 Å². The van der Waals surface area contributed by atoms with Crippen LogP contribution in [0.2, 0.25) is 0 Å². The van der Waals surface area contributed by atoms with Crippen molar-refractivity contribution in [3.05, 3.63) is 77.9 Å². The maximum atomic E-state index is 14.9. The van der Waals surface area contributed by atoms with Gasteiger partial charge in [-0.3, -0.25) is 57.3 Å². The van der Waals surface area contributed by atoms with E-state index in [1.54, 1.807) is 21.6 Å². The van der Waals surface area contributed by atoms with Gasteiger partial charge in [0.25, 0.3) is 45.9 Å². The van der Waals surface area contributed by atoms with Gasteiger partial charge in [-0.2, -0.15) is 0 Å². The molecule has 0 N–H and O–H groups in total. The van der Waals surface area contributed by atoms with E-state index in [1.165, 1.54) is 368 Å². The lowest BCUT2D eigenvalue weighted by Gasteiger charge is -2.44. The van der Waals surface area contributed by atoms with E-state index in [4.69, 9.17) is 0 Å². The van der Waals surface area contributed by atoms with Crippen LogP contribution in [0.3, 0.4) is 0 Å². The number of hydrogen-bond donors (Lipinski definition) is 0. The van der Waals surface area contributed by atoms with Gasteiger partial charge in [0, 0.05) is 42.9 Å². The average Bonchev–Trinajstić information content (AvgIpc) is 1.57. The van der Waals surface area contributed by atoms with Crippen molar-refractivity contribution in [1.82, 2.24) is 18.9 Å². The Labute approximate surface area is 746 Å². The molecule has 10 unspecified atom stereocenters. The van der Waals surface area contributed by atoms with Crippen molar-refractivity contribution in [3.63, 3.8) is 0 Å². The summed E-state index contributed by atoms with van der Waals surface area (Å²) in [6.07, 6.45) is 94.1. The third kappa shape index (κ3) is 34.4. The third-order valence-electron chi connectivity index (χ3n) is 31.5. The molecule has 12 nitrogen and oxygen atoms in total. The molecule has 694 valence electrons. The number of amides is 4. The van der Waals surface area contributed by atoms with E-state index >= 15 is 0 Å². The van der Waals surface area contributed by atoms with Crippen LogP contribution in [-0.4, -0.2) is 54.6 Å². The van der Waals surface area contributed by atoms with Gasteiger partial charge in [0.05, 0.1) is 27.1 Å². The molecular formula is C110H186N4O8. The second kappa shape index (κ2) is 60.9. The molecule has 1 aromatic carbocycles. The average molecular weight is 1690 g/mol. The molecule has 0 saturated heterocycles. The molecule has 0 spiro atoms. The number of nitrogens with zero attached hydrogens (tertiary/aromatic N) is 4. The Bertz CT molecular complexity index is 3530. The lowest BCUT2D eigenvalue weighted by atomic mass is 9.61. The summed E-state index contributed by atoms with van der Waals surface area (Å²) in [4.78, 5) is 112. The van der Waals surface area contributed by atoms with Gasteiger partial charge in [-0.05, 0) is 163 Å². The number of carbonyl (C=O) groups is 4. The quantitative estimate of drug-likeness (QED) is 0.0400. The number of benzene rings is 1. The first-order valence-corrected chi connectivity index (χ1v) is 53.6. The van der Waals surface area contributed by atoms with E-state index < -0.39 is 5.54 Å². The Morgan fingerprint density at radius 2 is 0.500 bits per heavy atom. The molecule has 2 saturated carbocycles. The largest absolute Gasteiger partial charge is 0.275 e. The summed E-state index contributed by atoms with van der Waals surface area (Å²) < 4.78 is 2.95. The molecule has 7 rings (SSSR count). The van der Waals surface area contributed by atoms with Crippen LogP contribution in [0, 0.1) is 47.3 Å². The number of rotatable bonds is 76. The zero-order valence-electron chi connectivity index (χ0n) is 80.5. The summed E-state index contributed by atoms with van der Waals surface area (Å²) in [5.74, 6) is 6.15. The first-order chi connectivity index (χ1) is 59.6. The van der Waals surface area contributed by atoms with Gasteiger partial charge in [-0.1, -0.05) is 414 Å². The number of fused-ring (bicyclic) bond motifs is 2. The van der Waals surface area contributed by atoms with E-state index in [0.717, 1.165) is 176 Å². The first-order valence-electron chi connectivity index (χ1n) is 53.6. The topological polar surface area (TPSA) is 153 Å². The molecule has 4 amide bonds. The highest BCUT2D eigenvalue weighted by molar-refractivity contribution is 6.14. The van der Waals surface area contributed by atoms with Crippen molar-refractivity contribution in [2.75, 3.05) is 6.54 Å². The molecule has 3 aromatic rings. The highest BCUT2D eigenvalue weighted by atomic mass is 16.2. The molecule has 122 heavy (non-hydrogen) atoms. The number of unbranched alkanes of at least 4 members (excludes halogenated alkanes) is 45. The summed E-state index contributed by atoms with van der Waals surface area (Å²) in [6, 6.07) is 3.21. The number of aromatic nitrogens is 2. The van der Waals surface area contributed by atoms with Crippen molar-refractivity contribution >= 4 is 45.2 Å². The van der Waals surface area contributed by atoms with Gasteiger partial charge < -0.3 is 0 Å². The van der Waals surface area contributed by atoms with E-state index in [9.17, 15) is 38.4 Å². The van der Waals surface area contributed by atoms with Crippen LogP contribution in [0.15, 0.2) is 55.6 Å². The monoisotopic (exact) mass is 1690 g/mol. The lowest BCUT2D eigenvalue weighted by molar-refractivity contribution is -0.145.